The molecule has 0 aliphatic rings. The molecule has 0 aliphatic heterocycles. The predicted octanol–water partition coefficient (Wildman–Crippen LogP) is 9.27. The summed E-state index contributed by atoms with van der Waals surface area (Å²) in [6, 6.07) is 45.9. The molecule has 7 aromatic rings. The fourth-order valence-electron chi connectivity index (χ4n) is 5.09. The van der Waals surface area contributed by atoms with Crippen molar-refractivity contribution in [3.8, 4) is 67.3 Å². The number of nitrogens with zero attached hydrogens (tertiary/aromatic N) is 4. The van der Waals surface area contributed by atoms with E-state index in [-0.39, 0.29) is 0 Å². The highest BCUT2D eigenvalue weighted by Crippen LogP contribution is 2.33. The number of benzene rings is 3. The maximum Gasteiger partial charge on any atom is 0.0731 e. The van der Waals surface area contributed by atoms with Crippen LogP contribution in [-0.2, 0) is 0 Å². The van der Waals surface area contributed by atoms with Gasteiger partial charge >= 0.3 is 0 Å². The van der Waals surface area contributed by atoms with Crippen molar-refractivity contribution < 1.29 is 0 Å². The van der Waals surface area contributed by atoms with E-state index in [9.17, 15) is 0 Å². The summed E-state index contributed by atoms with van der Waals surface area (Å²) in [6.07, 6.45) is 7.29. The van der Waals surface area contributed by atoms with Crippen LogP contribution in [0.25, 0.3) is 67.3 Å². The molecule has 0 fully saturated rings. The molecule has 198 valence electrons. The van der Waals surface area contributed by atoms with Gasteiger partial charge in [-0.2, -0.15) is 0 Å². The van der Waals surface area contributed by atoms with Gasteiger partial charge in [-0.15, -0.1) is 0 Å². The van der Waals surface area contributed by atoms with Crippen LogP contribution in [-0.4, -0.2) is 19.9 Å². The molecule has 4 heteroatoms. The van der Waals surface area contributed by atoms with Crippen molar-refractivity contribution in [3.63, 3.8) is 0 Å². The van der Waals surface area contributed by atoms with Crippen LogP contribution in [0.2, 0.25) is 0 Å². The first kappa shape index (κ1) is 25.2. The number of hydrogen-bond acceptors (Lipinski definition) is 4. The third kappa shape index (κ3) is 5.34. The lowest BCUT2D eigenvalue weighted by atomic mass is 9.96. The summed E-state index contributed by atoms with van der Waals surface area (Å²) in [4.78, 5) is 18.6. The molecule has 3 aromatic carbocycles. The Kier molecular flexibility index (Phi) is 6.85. The minimum absolute atomic E-state index is 0.895. The smallest absolute Gasteiger partial charge is 0.0731 e. The number of aromatic nitrogens is 4. The summed E-state index contributed by atoms with van der Waals surface area (Å²) in [7, 11) is 0. The molecule has 42 heavy (non-hydrogen) atoms. The van der Waals surface area contributed by atoms with Gasteiger partial charge in [-0.1, -0.05) is 84.9 Å². The minimum Gasteiger partial charge on any atom is -0.264 e. The Balaban J connectivity index is 1.31. The van der Waals surface area contributed by atoms with E-state index in [0.29, 0.717) is 0 Å². The van der Waals surface area contributed by atoms with Crippen molar-refractivity contribution >= 4 is 0 Å². The van der Waals surface area contributed by atoms with Gasteiger partial charge in [0.15, 0.2) is 0 Å². The second kappa shape index (κ2) is 11.4. The zero-order chi connectivity index (χ0) is 28.1. The molecule has 0 bridgehead atoms. The first-order valence-electron chi connectivity index (χ1n) is 13.9. The number of pyridine rings is 4. The zero-order valence-electron chi connectivity index (χ0n) is 22.8. The van der Waals surface area contributed by atoms with E-state index in [1.165, 1.54) is 0 Å². The summed E-state index contributed by atoms with van der Waals surface area (Å²) in [5.41, 5.74) is 12.2. The fourth-order valence-corrected chi connectivity index (χ4v) is 5.09. The van der Waals surface area contributed by atoms with Gasteiger partial charge in [-0.25, -0.2) is 9.97 Å². The number of rotatable bonds is 6. The molecule has 0 radical (unpaired) electrons. The Morgan fingerprint density at radius 3 is 1.00 bits per heavy atom. The first-order valence-corrected chi connectivity index (χ1v) is 13.9. The number of hydrogen-bond donors (Lipinski definition) is 0. The summed E-state index contributed by atoms with van der Waals surface area (Å²) >= 11 is 0. The highest BCUT2D eigenvalue weighted by atomic mass is 14.7. The van der Waals surface area contributed by atoms with Crippen molar-refractivity contribution in [2.45, 2.75) is 0 Å². The van der Waals surface area contributed by atoms with Gasteiger partial charge < -0.3 is 0 Å². The van der Waals surface area contributed by atoms with E-state index in [1.54, 1.807) is 12.4 Å². The molecule has 0 N–H and O–H groups in total. The average molecular weight is 539 g/mol. The molecule has 0 amide bonds. The third-order valence-corrected chi connectivity index (χ3v) is 7.26. The van der Waals surface area contributed by atoms with Gasteiger partial charge in [-0.05, 0) is 70.8 Å². The van der Waals surface area contributed by atoms with Crippen molar-refractivity contribution in [2.24, 2.45) is 0 Å². The lowest BCUT2D eigenvalue weighted by Crippen LogP contribution is -1.92. The zero-order valence-corrected chi connectivity index (χ0v) is 22.8. The van der Waals surface area contributed by atoms with E-state index in [4.69, 9.17) is 9.97 Å². The SMILES string of the molecule is c1ccc(-c2cc(-c3ccc(-c4cc(-c5ccccc5)nc(-c5cccnc5)c4)cc3)cc(-c3cccnc3)n2)cc1. The third-order valence-electron chi connectivity index (χ3n) is 7.26. The Morgan fingerprint density at radius 1 is 0.286 bits per heavy atom. The minimum atomic E-state index is 0.895. The van der Waals surface area contributed by atoms with Crippen molar-refractivity contribution in [1.82, 2.24) is 19.9 Å². The Hall–Kier alpha value is -5.74. The van der Waals surface area contributed by atoms with E-state index >= 15 is 0 Å². The van der Waals surface area contributed by atoms with Crippen molar-refractivity contribution in [1.29, 1.82) is 0 Å². The summed E-state index contributed by atoms with van der Waals surface area (Å²) in [6.45, 7) is 0. The van der Waals surface area contributed by atoms with Crippen molar-refractivity contribution in [3.05, 3.63) is 158 Å². The topological polar surface area (TPSA) is 51.6 Å². The summed E-state index contributed by atoms with van der Waals surface area (Å²) in [5.74, 6) is 0. The molecule has 4 nitrogen and oxygen atoms in total. The molecule has 0 atom stereocenters. The standard InChI is InChI=1S/C38H26N4/c1-3-9-29(10-4-1)35-21-33(23-37(41-35)31-13-7-19-39-25-31)27-15-17-28(18-16-27)34-22-36(30-11-5-2-6-12-30)42-38(24-34)32-14-8-20-40-26-32/h1-26H. The maximum atomic E-state index is 4.99. The first-order chi connectivity index (χ1) is 20.8. The fraction of sp³-hybridized carbons (Fsp3) is 0. The Morgan fingerprint density at radius 2 is 0.643 bits per heavy atom. The molecule has 0 unspecified atom stereocenters. The molecule has 7 rings (SSSR count). The highest BCUT2D eigenvalue weighted by Gasteiger charge is 2.12. The molecule has 0 saturated heterocycles. The van der Waals surface area contributed by atoms with Crippen LogP contribution in [0.3, 0.4) is 0 Å². The van der Waals surface area contributed by atoms with Crippen LogP contribution in [0.15, 0.2) is 158 Å². The lowest BCUT2D eigenvalue weighted by molar-refractivity contribution is 1.28. The second-order valence-electron chi connectivity index (χ2n) is 10.0. The van der Waals surface area contributed by atoms with Crippen LogP contribution < -0.4 is 0 Å². The molecule has 0 spiro atoms. The lowest BCUT2D eigenvalue weighted by Gasteiger charge is -2.12. The molecule has 0 saturated carbocycles. The van der Waals surface area contributed by atoms with Gasteiger partial charge in [0.1, 0.15) is 0 Å². The Labute approximate surface area is 245 Å². The summed E-state index contributed by atoms with van der Waals surface area (Å²) in [5, 5.41) is 0. The van der Waals surface area contributed by atoms with Crippen LogP contribution in [0.4, 0.5) is 0 Å². The molecule has 0 aliphatic carbocycles. The largest absolute Gasteiger partial charge is 0.264 e. The van der Waals surface area contributed by atoms with E-state index in [2.05, 4.69) is 82.8 Å². The molecular formula is C38H26N4. The van der Waals surface area contributed by atoms with E-state index in [1.807, 2.05) is 73.1 Å². The molecular weight excluding hydrogens is 512 g/mol. The predicted molar refractivity (Wildman–Crippen MR) is 170 cm³/mol. The maximum absolute atomic E-state index is 4.99. The van der Waals surface area contributed by atoms with E-state index < -0.39 is 0 Å². The molecule has 4 aromatic heterocycles. The van der Waals surface area contributed by atoms with E-state index in [0.717, 1.165) is 67.3 Å². The summed E-state index contributed by atoms with van der Waals surface area (Å²) < 4.78 is 0. The highest BCUT2D eigenvalue weighted by molar-refractivity contribution is 5.80. The van der Waals surface area contributed by atoms with Gasteiger partial charge in [0.05, 0.1) is 22.8 Å². The van der Waals surface area contributed by atoms with Gasteiger partial charge in [0, 0.05) is 47.0 Å². The monoisotopic (exact) mass is 538 g/mol. The average Bonchev–Trinajstić information content (AvgIpc) is 3.09. The van der Waals surface area contributed by atoms with Gasteiger partial charge in [0.2, 0.25) is 0 Å². The van der Waals surface area contributed by atoms with Crippen LogP contribution in [0, 0.1) is 0 Å². The second-order valence-corrected chi connectivity index (χ2v) is 10.0. The van der Waals surface area contributed by atoms with Crippen LogP contribution in [0.1, 0.15) is 0 Å². The Bertz CT molecular complexity index is 1680. The van der Waals surface area contributed by atoms with Crippen molar-refractivity contribution in [2.75, 3.05) is 0 Å². The van der Waals surface area contributed by atoms with Gasteiger partial charge in [0.25, 0.3) is 0 Å². The van der Waals surface area contributed by atoms with Crippen LogP contribution in [0.5, 0.6) is 0 Å². The molecule has 4 heterocycles. The van der Waals surface area contributed by atoms with Crippen LogP contribution >= 0.6 is 0 Å². The van der Waals surface area contributed by atoms with Gasteiger partial charge in [-0.3, -0.25) is 9.97 Å². The quantitative estimate of drug-likeness (QED) is 0.212. The normalized spacial score (nSPS) is 10.9.